The number of rotatable bonds is 7. The molecule has 0 aromatic heterocycles. The second-order valence-electron chi connectivity index (χ2n) is 4.52. The van der Waals surface area contributed by atoms with Crippen molar-refractivity contribution in [3.63, 3.8) is 0 Å². The van der Waals surface area contributed by atoms with E-state index in [1.165, 1.54) is 36.8 Å². The lowest BCUT2D eigenvalue weighted by molar-refractivity contribution is 0.554. The molecule has 1 rings (SSSR count). The van der Waals surface area contributed by atoms with Gasteiger partial charge < -0.3 is 5.32 Å². The van der Waals surface area contributed by atoms with Crippen LogP contribution < -0.4 is 5.32 Å². The van der Waals surface area contributed by atoms with E-state index in [9.17, 15) is 0 Å². The molecule has 0 aliphatic rings. The molecular weight excluding hydrogens is 194 g/mol. The smallest absolute Gasteiger partial charge is 0.0291 e. The summed E-state index contributed by atoms with van der Waals surface area (Å²) in [7, 11) is 0. The Morgan fingerprint density at radius 1 is 1.06 bits per heavy atom. The van der Waals surface area contributed by atoms with Crippen molar-refractivity contribution >= 4 is 0 Å². The van der Waals surface area contributed by atoms with E-state index in [4.69, 9.17) is 0 Å². The van der Waals surface area contributed by atoms with Crippen LogP contribution in [-0.2, 0) is 6.42 Å². The van der Waals surface area contributed by atoms with Crippen LogP contribution in [0.5, 0.6) is 0 Å². The van der Waals surface area contributed by atoms with Crippen molar-refractivity contribution in [1.29, 1.82) is 0 Å². The zero-order valence-corrected chi connectivity index (χ0v) is 10.9. The monoisotopic (exact) mass is 219 g/mol. The molecule has 1 aromatic carbocycles. The Bertz CT molecular complexity index is 276. The molecule has 0 amide bonds. The molecule has 16 heavy (non-hydrogen) atoms. The summed E-state index contributed by atoms with van der Waals surface area (Å²) in [6.45, 7) is 7.81. The van der Waals surface area contributed by atoms with Gasteiger partial charge in [-0.1, -0.05) is 51.0 Å². The average Bonchev–Trinajstić information content (AvgIpc) is 2.30. The minimum absolute atomic E-state index is 0.474. The van der Waals surface area contributed by atoms with Gasteiger partial charge in [0.05, 0.1) is 0 Å². The molecule has 1 atom stereocenters. The number of unbranched alkanes of at least 4 members (excludes halogenated alkanes) is 1. The van der Waals surface area contributed by atoms with Crippen LogP contribution in [0.2, 0.25) is 0 Å². The first-order valence-corrected chi connectivity index (χ1v) is 6.60. The van der Waals surface area contributed by atoms with Gasteiger partial charge in [0.25, 0.3) is 0 Å². The first kappa shape index (κ1) is 13.2. The predicted octanol–water partition coefficient (Wildman–Crippen LogP) is 4.09. The Kier molecular flexibility index (Phi) is 6.17. The molecule has 0 saturated carbocycles. The van der Waals surface area contributed by atoms with E-state index in [2.05, 4.69) is 50.4 Å². The third kappa shape index (κ3) is 4.36. The fourth-order valence-electron chi connectivity index (χ4n) is 1.87. The van der Waals surface area contributed by atoms with Gasteiger partial charge in [-0.2, -0.15) is 0 Å². The minimum Gasteiger partial charge on any atom is -0.310 e. The maximum absolute atomic E-state index is 3.55. The average molecular weight is 219 g/mol. The summed E-state index contributed by atoms with van der Waals surface area (Å²) in [5, 5.41) is 3.55. The van der Waals surface area contributed by atoms with Gasteiger partial charge in [-0.15, -0.1) is 0 Å². The fraction of sp³-hybridized carbons (Fsp3) is 0.600. The normalized spacial score (nSPS) is 12.7. The zero-order valence-electron chi connectivity index (χ0n) is 10.9. The van der Waals surface area contributed by atoms with E-state index in [1.807, 2.05) is 0 Å². The Hall–Kier alpha value is -0.820. The molecule has 1 aromatic rings. The molecule has 1 unspecified atom stereocenters. The van der Waals surface area contributed by atoms with Gasteiger partial charge in [0, 0.05) is 6.04 Å². The highest BCUT2D eigenvalue weighted by Gasteiger charge is 2.03. The zero-order chi connectivity index (χ0) is 11.8. The lowest BCUT2D eigenvalue weighted by Gasteiger charge is -2.14. The van der Waals surface area contributed by atoms with Crippen LogP contribution in [0, 0.1) is 0 Å². The van der Waals surface area contributed by atoms with E-state index in [-0.39, 0.29) is 0 Å². The molecule has 0 aliphatic heterocycles. The molecule has 0 saturated heterocycles. The predicted molar refractivity (Wildman–Crippen MR) is 71.8 cm³/mol. The number of hydrogen-bond donors (Lipinski definition) is 1. The van der Waals surface area contributed by atoms with Crippen molar-refractivity contribution in [1.82, 2.24) is 5.32 Å². The quantitative estimate of drug-likeness (QED) is 0.681. The third-order valence-corrected chi connectivity index (χ3v) is 3.00. The lowest BCUT2D eigenvalue weighted by Crippen LogP contribution is -2.19. The largest absolute Gasteiger partial charge is 0.310 e. The van der Waals surface area contributed by atoms with Crippen molar-refractivity contribution in [2.45, 2.75) is 52.5 Å². The van der Waals surface area contributed by atoms with Gasteiger partial charge in [0.2, 0.25) is 0 Å². The maximum atomic E-state index is 3.55. The Balaban J connectivity index is 2.46. The fourth-order valence-corrected chi connectivity index (χ4v) is 1.87. The number of nitrogens with one attached hydrogen (secondary N) is 1. The summed E-state index contributed by atoms with van der Waals surface area (Å²) in [4.78, 5) is 0. The first-order valence-electron chi connectivity index (χ1n) is 6.60. The number of aryl methyl sites for hydroxylation is 1. The summed E-state index contributed by atoms with van der Waals surface area (Å²) >= 11 is 0. The van der Waals surface area contributed by atoms with Gasteiger partial charge in [-0.3, -0.25) is 0 Å². The summed E-state index contributed by atoms with van der Waals surface area (Å²) < 4.78 is 0. The van der Waals surface area contributed by atoms with Crippen LogP contribution in [0.15, 0.2) is 24.3 Å². The molecule has 0 radical (unpaired) electrons. The SMILES string of the molecule is CCCCNC(C)c1ccc(CCC)cc1. The van der Waals surface area contributed by atoms with Crippen molar-refractivity contribution in [3.8, 4) is 0 Å². The molecule has 0 aliphatic carbocycles. The Labute approximate surface area is 100 Å². The van der Waals surface area contributed by atoms with Gasteiger partial charge in [-0.05, 0) is 37.4 Å². The standard InChI is InChI=1S/C15H25N/c1-4-6-12-16-13(3)15-10-8-14(7-5-2)9-11-15/h8-11,13,16H,4-7,12H2,1-3H3. The topological polar surface area (TPSA) is 12.0 Å². The van der Waals surface area contributed by atoms with Crippen molar-refractivity contribution in [2.24, 2.45) is 0 Å². The third-order valence-electron chi connectivity index (χ3n) is 3.00. The summed E-state index contributed by atoms with van der Waals surface area (Å²) in [6.07, 6.45) is 4.94. The molecular formula is C15H25N. The second-order valence-corrected chi connectivity index (χ2v) is 4.52. The van der Waals surface area contributed by atoms with Crippen LogP contribution in [0.3, 0.4) is 0 Å². The van der Waals surface area contributed by atoms with Crippen LogP contribution in [0.25, 0.3) is 0 Å². The van der Waals surface area contributed by atoms with E-state index >= 15 is 0 Å². The van der Waals surface area contributed by atoms with E-state index in [0.29, 0.717) is 6.04 Å². The van der Waals surface area contributed by atoms with Gasteiger partial charge in [-0.25, -0.2) is 0 Å². The van der Waals surface area contributed by atoms with Gasteiger partial charge >= 0.3 is 0 Å². The highest BCUT2D eigenvalue weighted by Crippen LogP contribution is 2.14. The van der Waals surface area contributed by atoms with E-state index in [0.717, 1.165) is 6.54 Å². The van der Waals surface area contributed by atoms with Crippen molar-refractivity contribution in [3.05, 3.63) is 35.4 Å². The lowest BCUT2D eigenvalue weighted by atomic mass is 10.0. The number of hydrogen-bond acceptors (Lipinski definition) is 1. The van der Waals surface area contributed by atoms with Crippen LogP contribution in [-0.4, -0.2) is 6.54 Å². The summed E-state index contributed by atoms with van der Waals surface area (Å²) in [6, 6.07) is 9.51. The first-order chi connectivity index (χ1) is 7.77. The number of benzene rings is 1. The van der Waals surface area contributed by atoms with E-state index in [1.54, 1.807) is 0 Å². The molecule has 0 fully saturated rings. The van der Waals surface area contributed by atoms with Gasteiger partial charge in [0.15, 0.2) is 0 Å². The summed E-state index contributed by atoms with van der Waals surface area (Å²) in [5.74, 6) is 0. The van der Waals surface area contributed by atoms with Crippen LogP contribution >= 0.6 is 0 Å². The highest BCUT2D eigenvalue weighted by molar-refractivity contribution is 5.24. The van der Waals surface area contributed by atoms with E-state index < -0.39 is 0 Å². The Morgan fingerprint density at radius 3 is 2.31 bits per heavy atom. The molecule has 1 N–H and O–H groups in total. The maximum Gasteiger partial charge on any atom is 0.0291 e. The summed E-state index contributed by atoms with van der Waals surface area (Å²) in [5.41, 5.74) is 2.85. The highest BCUT2D eigenvalue weighted by atomic mass is 14.9. The van der Waals surface area contributed by atoms with Crippen molar-refractivity contribution < 1.29 is 0 Å². The molecule has 1 nitrogen and oxygen atoms in total. The molecule has 1 heteroatoms. The Morgan fingerprint density at radius 2 is 1.75 bits per heavy atom. The molecule has 0 spiro atoms. The molecule has 90 valence electrons. The van der Waals surface area contributed by atoms with Gasteiger partial charge in [0.1, 0.15) is 0 Å². The second kappa shape index (κ2) is 7.45. The molecule has 0 bridgehead atoms. The minimum atomic E-state index is 0.474. The van der Waals surface area contributed by atoms with Crippen LogP contribution in [0.1, 0.15) is 57.2 Å². The molecule has 0 heterocycles. The van der Waals surface area contributed by atoms with Crippen LogP contribution in [0.4, 0.5) is 0 Å². The van der Waals surface area contributed by atoms with Crippen molar-refractivity contribution in [2.75, 3.05) is 6.54 Å².